The fourth-order valence-electron chi connectivity index (χ4n) is 7.53. The van der Waals surface area contributed by atoms with Crippen molar-refractivity contribution in [2.45, 2.75) is 5.41 Å². The Morgan fingerprint density at radius 2 is 1.09 bits per heavy atom. The molecule has 4 heterocycles. The molecule has 2 aliphatic rings. The summed E-state index contributed by atoms with van der Waals surface area (Å²) in [4.78, 5) is 15.6. The summed E-state index contributed by atoms with van der Waals surface area (Å²) in [6.45, 7) is 0. The Morgan fingerprint density at radius 3 is 1.80 bits per heavy atom. The lowest BCUT2D eigenvalue weighted by Crippen LogP contribution is -2.36. The number of nitrogens with zero attached hydrogens (tertiary/aromatic N) is 3. The number of rotatable bonds is 3. The van der Waals surface area contributed by atoms with Gasteiger partial charge >= 0.3 is 0 Å². The lowest BCUT2D eigenvalue weighted by molar-refractivity contribution is 0.756. The van der Waals surface area contributed by atoms with Gasteiger partial charge < -0.3 is 0 Å². The van der Waals surface area contributed by atoms with E-state index in [1.807, 2.05) is 46.9 Å². The van der Waals surface area contributed by atoms with Gasteiger partial charge in [0.15, 0.2) is 5.82 Å². The van der Waals surface area contributed by atoms with Gasteiger partial charge in [-0.2, -0.15) is 0 Å². The largest absolute Gasteiger partial charge is 0.294 e. The average molecular weight is 624 g/mol. The Bertz CT molecular complexity index is 2340. The summed E-state index contributed by atoms with van der Waals surface area (Å²) in [6.07, 6.45) is 0. The zero-order valence-electron chi connectivity index (χ0n) is 24.6. The van der Waals surface area contributed by atoms with E-state index >= 15 is 0 Å². The topological polar surface area (TPSA) is 29.0 Å². The smallest absolute Gasteiger partial charge is 0.162 e. The van der Waals surface area contributed by atoms with E-state index in [0.29, 0.717) is 5.82 Å². The summed E-state index contributed by atoms with van der Waals surface area (Å²) in [6, 6.07) is 50.0. The highest BCUT2D eigenvalue weighted by atomic mass is 32.1. The molecule has 1 spiro atoms. The fraction of sp³-hybridized carbons (Fsp3) is 0.0244. The SMILES string of the molecule is c1ccc(-c2cc(N3c4ccccc4C4(c5cc6ccccc6cc53)c3ccsc3-c3sccc34)nc(-c3ccccc3)n2)cc1. The van der Waals surface area contributed by atoms with Crippen molar-refractivity contribution >= 4 is 50.6 Å². The van der Waals surface area contributed by atoms with Crippen molar-refractivity contribution in [1.29, 1.82) is 0 Å². The Kier molecular flexibility index (Phi) is 5.53. The van der Waals surface area contributed by atoms with Crippen LogP contribution < -0.4 is 4.90 Å². The summed E-state index contributed by atoms with van der Waals surface area (Å²) in [5.41, 5.74) is 10.1. The van der Waals surface area contributed by atoms with Gasteiger partial charge in [0.25, 0.3) is 0 Å². The van der Waals surface area contributed by atoms with Gasteiger partial charge in [0.2, 0.25) is 0 Å². The Labute approximate surface area is 274 Å². The molecule has 0 unspecified atom stereocenters. The first-order valence-corrected chi connectivity index (χ1v) is 17.2. The Balaban J connectivity index is 1.33. The van der Waals surface area contributed by atoms with Gasteiger partial charge in [0.1, 0.15) is 5.82 Å². The van der Waals surface area contributed by atoms with Crippen molar-refractivity contribution in [2.24, 2.45) is 0 Å². The first-order valence-electron chi connectivity index (χ1n) is 15.4. The number of thiophene rings is 2. The van der Waals surface area contributed by atoms with Crippen LogP contribution in [0.3, 0.4) is 0 Å². The molecule has 0 fully saturated rings. The predicted octanol–water partition coefficient (Wildman–Crippen LogP) is 11.2. The van der Waals surface area contributed by atoms with E-state index in [4.69, 9.17) is 9.97 Å². The zero-order valence-corrected chi connectivity index (χ0v) is 26.2. The highest BCUT2D eigenvalue weighted by Crippen LogP contribution is 2.65. The molecule has 0 amide bonds. The van der Waals surface area contributed by atoms with E-state index in [2.05, 4.69) is 131 Å². The normalized spacial score (nSPS) is 13.8. The first kappa shape index (κ1) is 25.9. The van der Waals surface area contributed by atoms with Crippen LogP contribution in [0.5, 0.6) is 0 Å². The quantitative estimate of drug-likeness (QED) is 0.196. The van der Waals surface area contributed by atoms with E-state index in [0.717, 1.165) is 34.0 Å². The highest BCUT2D eigenvalue weighted by Gasteiger charge is 2.53. The van der Waals surface area contributed by atoms with E-state index in [-0.39, 0.29) is 0 Å². The molecular weight excluding hydrogens is 599 g/mol. The summed E-state index contributed by atoms with van der Waals surface area (Å²) in [5, 5.41) is 6.95. The third-order valence-electron chi connectivity index (χ3n) is 9.45. The van der Waals surface area contributed by atoms with Crippen LogP contribution in [-0.4, -0.2) is 9.97 Å². The highest BCUT2D eigenvalue weighted by molar-refractivity contribution is 7.21. The first-order chi connectivity index (χ1) is 22.8. The molecular formula is C41H25N3S2. The molecule has 3 aromatic heterocycles. The molecule has 5 aromatic carbocycles. The predicted molar refractivity (Wildman–Crippen MR) is 192 cm³/mol. The molecule has 1 aliphatic carbocycles. The third kappa shape index (κ3) is 3.52. The molecule has 0 radical (unpaired) electrons. The van der Waals surface area contributed by atoms with Crippen LogP contribution in [0.1, 0.15) is 22.3 Å². The van der Waals surface area contributed by atoms with E-state index in [9.17, 15) is 0 Å². The molecule has 216 valence electrons. The van der Waals surface area contributed by atoms with Crippen LogP contribution in [0.4, 0.5) is 17.2 Å². The van der Waals surface area contributed by atoms with Crippen molar-refractivity contribution in [2.75, 3.05) is 4.90 Å². The Hall–Kier alpha value is -5.36. The second-order valence-corrected chi connectivity index (χ2v) is 13.6. The summed E-state index contributed by atoms with van der Waals surface area (Å²) < 4.78 is 0. The maximum absolute atomic E-state index is 5.33. The van der Waals surface area contributed by atoms with Crippen LogP contribution in [-0.2, 0) is 5.41 Å². The molecule has 46 heavy (non-hydrogen) atoms. The van der Waals surface area contributed by atoms with Crippen molar-refractivity contribution in [3.8, 4) is 32.4 Å². The third-order valence-corrected chi connectivity index (χ3v) is 11.4. The van der Waals surface area contributed by atoms with Gasteiger partial charge in [-0.25, -0.2) is 9.97 Å². The van der Waals surface area contributed by atoms with Crippen LogP contribution in [0.15, 0.2) is 150 Å². The number of benzene rings is 5. The number of aromatic nitrogens is 2. The molecule has 1 aliphatic heterocycles. The number of para-hydroxylation sites is 1. The zero-order chi connectivity index (χ0) is 30.2. The van der Waals surface area contributed by atoms with E-state index in [1.165, 1.54) is 42.8 Å². The minimum Gasteiger partial charge on any atom is -0.294 e. The molecule has 0 saturated heterocycles. The molecule has 5 heteroatoms. The van der Waals surface area contributed by atoms with Gasteiger partial charge in [0, 0.05) is 26.9 Å². The van der Waals surface area contributed by atoms with Crippen molar-refractivity contribution < 1.29 is 0 Å². The maximum Gasteiger partial charge on any atom is 0.162 e. The summed E-state index contributed by atoms with van der Waals surface area (Å²) >= 11 is 3.70. The number of fused-ring (bicyclic) bond motifs is 10. The van der Waals surface area contributed by atoms with E-state index in [1.54, 1.807) is 0 Å². The maximum atomic E-state index is 5.33. The molecule has 0 atom stereocenters. The lowest BCUT2D eigenvalue weighted by Gasteiger charge is -2.44. The summed E-state index contributed by atoms with van der Waals surface area (Å²) in [5.74, 6) is 1.55. The standard InChI is InChI=1S/C41H25N3S2/c1-3-11-26(12-4-1)34-25-37(43-40(42-34)27-13-5-2-6-14-27)44-35-18-10-9-17-30(35)41(31-19-21-45-38(31)39-32(41)20-22-46-39)33-23-28-15-7-8-16-29(28)24-36(33)44/h1-25H. The van der Waals surface area contributed by atoms with Gasteiger partial charge in [0.05, 0.1) is 22.5 Å². The minimum atomic E-state index is -0.422. The van der Waals surface area contributed by atoms with Gasteiger partial charge in [-0.3, -0.25) is 4.90 Å². The number of anilines is 3. The number of hydrogen-bond donors (Lipinski definition) is 0. The van der Waals surface area contributed by atoms with Crippen molar-refractivity contribution in [1.82, 2.24) is 9.97 Å². The second kappa shape index (κ2) is 9.82. The van der Waals surface area contributed by atoms with Crippen LogP contribution in [0.25, 0.3) is 43.2 Å². The van der Waals surface area contributed by atoms with Crippen LogP contribution in [0.2, 0.25) is 0 Å². The lowest BCUT2D eigenvalue weighted by atomic mass is 9.65. The van der Waals surface area contributed by atoms with E-state index < -0.39 is 5.41 Å². The van der Waals surface area contributed by atoms with Gasteiger partial charge in [-0.15, -0.1) is 22.7 Å². The Morgan fingerprint density at radius 1 is 0.478 bits per heavy atom. The number of hydrogen-bond acceptors (Lipinski definition) is 5. The van der Waals surface area contributed by atoms with Crippen molar-refractivity contribution in [3.63, 3.8) is 0 Å². The van der Waals surface area contributed by atoms with Gasteiger partial charge in [-0.05, 0) is 74.1 Å². The minimum absolute atomic E-state index is 0.422. The molecule has 10 rings (SSSR count). The molecule has 0 saturated carbocycles. The second-order valence-electron chi connectivity index (χ2n) is 11.8. The summed E-state index contributed by atoms with van der Waals surface area (Å²) in [7, 11) is 0. The molecule has 0 N–H and O–H groups in total. The molecule has 8 aromatic rings. The average Bonchev–Trinajstić information content (AvgIpc) is 3.85. The van der Waals surface area contributed by atoms with Crippen LogP contribution in [0, 0.1) is 0 Å². The molecule has 3 nitrogen and oxygen atoms in total. The molecule has 0 bridgehead atoms. The van der Waals surface area contributed by atoms with Gasteiger partial charge in [-0.1, -0.05) is 103 Å². The van der Waals surface area contributed by atoms with Crippen molar-refractivity contribution in [3.05, 3.63) is 173 Å². The fourth-order valence-corrected chi connectivity index (χ4v) is 9.63. The van der Waals surface area contributed by atoms with Crippen LogP contribution >= 0.6 is 22.7 Å². The monoisotopic (exact) mass is 623 g/mol.